The zero-order valence-corrected chi connectivity index (χ0v) is 12.4. The molecule has 0 aromatic carbocycles. The van der Waals surface area contributed by atoms with Crippen molar-refractivity contribution < 1.29 is 33.3 Å². The largest absolute Gasteiger partial charge is 0.467 e. The SMILES string of the molecule is COC(=O)[C@@H]1OC(C(=O)OC)(C(=O)OC)[C@@H]2CCCC[C@@H]21. The number of hydrogen-bond acceptors (Lipinski definition) is 7. The number of carbonyl (C=O) groups is 3. The topological polar surface area (TPSA) is 88.1 Å². The summed E-state index contributed by atoms with van der Waals surface area (Å²) in [6, 6.07) is 0. The number of rotatable bonds is 3. The lowest BCUT2D eigenvalue weighted by Crippen LogP contribution is -2.54. The van der Waals surface area contributed by atoms with E-state index in [0.29, 0.717) is 12.8 Å². The van der Waals surface area contributed by atoms with Crippen molar-refractivity contribution in [2.45, 2.75) is 37.4 Å². The van der Waals surface area contributed by atoms with Crippen LogP contribution >= 0.6 is 0 Å². The van der Waals surface area contributed by atoms with E-state index in [-0.39, 0.29) is 5.92 Å². The molecule has 7 nitrogen and oxygen atoms in total. The normalized spacial score (nSPS) is 30.1. The molecule has 2 aliphatic rings. The van der Waals surface area contributed by atoms with Gasteiger partial charge in [0.25, 0.3) is 5.60 Å². The van der Waals surface area contributed by atoms with Crippen LogP contribution in [-0.2, 0) is 33.3 Å². The molecule has 0 unspecified atom stereocenters. The second kappa shape index (κ2) is 6.01. The van der Waals surface area contributed by atoms with E-state index < -0.39 is 35.5 Å². The fraction of sp³-hybridized carbons (Fsp3) is 0.786. The number of methoxy groups -OCH3 is 3. The summed E-state index contributed by atoms with van der Waals surface area (Å²) in [4.78, 5) is 36.4. The smallest absolute Gasteiger partial charge is 0.350 e. The van der Waals surface area contributed by atoms with Crippen LogP contribution in [0.25, 0.3) is 0 Å². The van der Waals surface area contributed by atoms with E-state index in [1.54, 1.807) is 0 Å². The highest BCUT2D eigenvalue weighted by atomic mass is 16.6. The van der Waals surface area contributed by atoms with Crippen LogP contribution in [0.3, 0.4) is 0 Å². The predicted molar refractivity (Wildman–Crippen MR) is 69.1 cm³/mol. The molecule has 0 amide bonds. The molecule has 2 fully saturated rings. The van der Waals surface area contributed by atoms with Gasteiger partial charge in [0.1, 0.15) is 0 Å². The van der Waals surface area contributed by atoms with E-state index in [2.05, 4.69) is 0 Å². The third kappa shape index (κ3) is 2.29. The highest BCUT2D eigenvalue weighted by Gasteiger charge is 2.67. The monoisotopic (exact) mass is 300 g/mol. The lowest BCUT2D eigenvalue weighted by molar-refractivity contribution is -0.193. The Hall–Kier alpha value is -1.63. The summed E-state index contributed by atoms with van der Waals surface area (Å²) < 4.78 is 19.9. The summed E-state index contributed by atoms with van der Waals surface area (Å²) in [5.41, 5.74) is -1.87. The molecular formula is C14H20O7. The summed E-state index contributed by atoms with van der Waals surface area (Å²) in [5, 5.41) is 0. The fourth-order valence-corrected chi connectivity index (χ4v) is 3.53. The quantitative estimate of drug-likeness (QED) is 0.425. The summed E-state index contributed by atoms with van der Waals surface area (Å²) >= 11 is 0. The molecule has 0 radical (unpaired) electrons. The first-order valence-corrected chi connectivity index (χ1v) is 6.95. The molecule has 1 aliphatic heterocycles. The maximum Gasteiger partial charge on any atom is 0.350 e. The Labute approximate surface area is 122 Å². The van der Waals surface area contributed by atoms with Gasteiger partial charge in [0.15, 0.2) is 6.10 Å². The van der Waals surface area contributed by atoms with Crippen LogP contribution < -0.4 is 0 Å². The van der Waals surface area contributed by atoms with Crippen molar-refractivity contribution in [1.82, 2.24) is 0 Å². The van der Waals surface area contributed by atoms with Crippen LogP contribution in [0, 0.1) is 11.8 Å². The van der Waals surface area contributed by atoms with Gasteiger partial charge in [-0.3, -0.25) is 0 Å². The first kappa shape index (κ1) is 15.8. The molecular weight excluding hydrogens is 280 g/mol. The average molecular weight is 300 g/mol. The summed E-state index contributed by atoms with van der Waals surface area (Å²) in [6.07, 6.45) is 2.12. The van der Waals surface area contributed by atoms with E-state index in [1.165, 1.54) is 21.3 Å². The first-order chi connectivity index (χ1) is 10.0. The lowest BCUT2D eigenvalue weighted by Gasteiger charge is -2.32. The van der Waals surface area contributed by atoms with Gasteiger partial charge in [-0.25, -0.2) is 14.4 Å². The maximum atomic E-state index is 12.2. The molecule has 0 spiro atoms. The standard InChI is InChI=1S/C14H20O7/c1-18-11(15)10-8-6-4-5-7-9(8)14(21-10,12(16)19-2)13(17)20-3/h8-10H,4-7H2,1-3H3/t8-,9+,10+/m0/s1. The zero-order chi connectivity index (χ0) is 15.6. The molecule has 0 bridgehead atoms. The van der Waals surface area contributed by atoms with Crippen LogP contribution in [0.5, 0.6) is 0 Å². The molecule has 0 aromatic rings. The van der Waals surface area contributed by atoms with E-state index >= 15 is 0 Å². The minimum Gasteiger partial charge on any atom is -0.467 e. The van der Waals surface area contributed by atoms with Crippen molar-refractivity contribution >= 4 is 17.9 Å². The number of carbonyl (C=O) groups excluding carboxylic acids is 3. The highest BCUT2D eigenvalue weighted by Crippen LogP contribution is 2.50. The van der Waals surface area contributed by atoms with Gasteiger partial charge in [0.2, 0.25) is 0 Å². The Balaban J connectivity index is 2.46. The Kier molecular flexibility index (Phi) is 4.51. The lowest BCUT2D eigenvalue weighted by atomic mass is 9.70. The van der Waals surface area contributed by atoms with Crippen molar-refractivity contribution in [1.29, 1.82) is 0 Å². The maximum absolute atomic E-state index is 12.2. The van der Waals surface area contributed by atoms with Gasteiger partial charge >= 0.3 is 17.9 Å². The molecule has 0 aromatic heterocycles. The van der Waals surface area contributed by atoms with Gasteiger partial charge in [-0.1, -0.05) is 12.8 Å². The second-order valence-corrected chi connectivity index (χ2v) is 5.34. The molecule has 3 atom stereocenters. The summed E-state index contributed by atoms with van der Waals surface area (Å²) in [5.74, 6) is -2.91. The van der Waals surface area contributed by atoms with Crippen LogP contribution in [0.2, 0.25) is 0 Å². The van der Waals surface area contributed by atoms with Crippen LogP contribution in [-0.4, -0.2) is 50.9 Å². The van der Waals surface area contributed by atoms with Crippen LogP contribution in [0.15, 0.2) is 0 Å². The molecule has 1 heterocycles. The van der Waals surface area contributed by atoms with Crippen molar-refractivity contribution in [3.05, 3.63) is 0 Å². The molecule has 1 saturated heterocycles. The van der Waals surface area contributed by atoms with E-state index in [9.17, 15) is 14.4 Å². The van der Waals surface area contributed by atoms with Gasteiger partial charge in [-0.15, -0.1) is 0 Å². The van der Waals surface area contributed by atoms with E-state index in [0.717, 1.165) is 12.8 Å². The minimum atomic E-state index is -1.87. The Morgan fingerprint density at radius 3 is 2.05 bits per heavy atom. The molecule has 21 heavy (non-hydrogen) atoms. The van der Waals surface area contributed by atoms with Crippen molar-refractivity contribution in [2.24, 2.45) is 11.8 Å². The van der Waals surface area contributed by atoms with Gasteiger partial charge in [-0.05, 0) is 12.8 Å². The number of ether oxygens (including phenoxy) is 4. The third-order valence-corrected chi connectivity index (χ3v) is 4.45. The van der Waals surface area contributed by atoms with E-state index in [4.69, 9.17) is 18.9 Å². The Morgan fingerprint density at radius 1 is 0.952 bits per heavy atom. The number of esters is 3. The van der Waals surface area contributed by atoms with Crippen molar-refractivity contribution in [3.63, 3.8) is 0 Å². The van der Waals surface area contributed by atoms with Gasteiger partial charge in [0, 0.05) is 11.8 Å². The van der Waals surface area contributed by atoms with Gasteiger partial charge < -0.3 is 18.9 Å². The van der Waals surface area contributed by atoms with Crippen molar-refractivity contribution in [3.8, 4) is 0 Å². The fourth-order valence-electron chi connectivity index (χ4n) is 3.53. The number of hydrogen-bond donors (Lipinski definition) is 0. The van der Waals surface area contributed by atoms with Crippen LogP contribution in [0.1, 0.15) is 25.7 Å². The van der Waals surface area contributed by atoms with Crippen LogP contribution in [0.4, 0.5) is 0 Å². The number of fused-ring (bicyclic) bond motifs is 1. The Bertz CT molecular complexity index is 429. The van der Waals surface area contributed by atoms with Gasteiger partial charge in [0.05, 0.1) is 21.3 Å². The first-order valence-electron chi connectivity index (χ1n) is 6.95. The molecule has 118 valence electrons. The minimum absolute atomic E-state index is 0.246. The second-order valence-electron chi connectivity index (χ2n) is 5.34. The molecule has 1 saturated carbocycles. The highest BCUT2D eigenvalue weighted by molar-refractivity contribution is 6.05. The molecule has 7 heteroatoms. The molecule has 2 rings (SSSR count). The van der Waals surface area contributed by atoms with Gasteiger partial charge in [-0.2, -0.15) is 0 Å². The average Bonchev–Trinajstić information content (AvgIpc) is 2.89. The summed E-state index contributed by atoms with van der Waals surface area (Å²) in [7, 11) is 3.61. The van der Waals surface area contributed by atoms with E-state index in [1.807, 2.05) is 0 Å². The zero-order valence-electron chi connectivity index (χ0n) is 12.4. The summed E-state index contributed by atoms with van der Waals surface area (Å²) in [6.45, 7) is 0. The molecule has 1 aliphatic carbocycles. The third-order valence-electron chi connectivity index (χ3n) is 4.45. The Morgan fingerprint density at radius 2 is 1.52 bits per heavy atom. The predicted octanol–water partition coefficient (Wildman–Crippen LogP) is 0.449. The van der Waals surface area contributed by atoms with Crippen molar-refractivity contribution in [2.75, 3.05) is 21.3 Å². The molecule has 0 N–H and O–H groups in total.